The summed E-state index contributed by atoms with van der Waals surface area (Å²) >= 11 is 0. The van der Waals surface area contributed by atoms with Crippen LogP contribution in [-0.2, 0) is 18.2 Å². The second-order valence-electron chi connectivity index (χ2n) is 6.04. The van der Waals surface area contributed by atoms with Crippen molar-refractivity contribution in [1.29, 1.82) is 0 Å². The molecule has 1 aromatic rings. The SMILES string of the molecule is CCOC(C(N)CCc1cnn(C)c1)C1CCCCC1. The molecule has 1 saturated carbocycles. The number of hydrogen-bond donors (Lipinski definition) is 1. The fourth-order valence-electron chi connectivity index (χ4n) is 3.36. The monoisotopic (exact) mass is 279 g/mol. The van der Waals surface area contributed by atoms with Gasteiger partial charge in [0, 0.05) is 25.9 Å². The standard InChI is InChI=1S/C16H29N3O/c1-3-20-16(14-7-5-4-6-8-14)15(17)10-9-13-11-18-19(2)12-13/h11-12,14-16H,3-10,17H2,1-2H3. The van der Waals surface area contributed by atoms with Crippen LogP contribution in [0.4, 0.5) is 0 Å². The molecule has 2 N–H and O–H groups in total. The summed E-state index contributed by atoms with van der Waals surface area (Å²) in [6.07, 6.45) is 12.8. The van der Waals surface area contributed by atoms with E-state index in [2.05, 4.69) is 18.2 Å². The van der Waals surface area contributed by atoms with Crippen molar-refractivity contribution in [3.05, 3.63) is 18.0 Å². The Labute approximate surface area is 122 Å². The van der Waals surface area contributed by atoms with Gasteiger partial charge in [0.05, 0.1) is 12.3 Å². The lowest BCUT2D eigenvalue weighted by molar-refractivity contribution is -0.0107. The van der Waals surface area contributed by atoms with Gasteiger partial charge in [0.25, 0.3) is 0 Å². The summed E-state index contributed by atoms with van der Waals surface area (Å²) in [5, 5.41) is 4.21. The maximum absolute atomic E-state index is 6.44. The van der Waals surface area contributed by atoms with E-state index in [9.17, 15) is 0 Å². The Bertz CT molecular complexity index is 385. The first kappa shape index (κ1) is 15.5. The maximum Gasteiger partial charge on any atom is 0.0753 e. The number of nitrogens with zero attached hydrogens (tertiary/aromatic N) is 2. The first-order valence-electron chi connectivity index (χ1n) is 8.05. The van der Waals surface area contributed by atoms with E-state index < -0.39 is 0 Å². The van der Waals surface area contributed by atoms with E-state index >= 15 is 0 Å². The third-order valence-electron chi connectivity index (χ3n) is 4.42. The number of hydrogen-bond acceptors (Lipinski definition) is 3. The fourth-order valence-corrected chi connectivity index (χ4v) is 3.36. The van der Waals surface area contributed by atoms with Crippen LogP contribution in [0.5, 0.6) is 0 Å². The molecule has 1 aliphatic carbocycles. The van der Waals surface area contributed by atoms with Crippen molar-refractivity contribution in [1.82, 2.24) is 9.78 Å². The molecule has 1 aliphatic rings. The van der Waals surface area contributed by atoms with Gasteiger partial charge in [-0.3, -0.25) is 4.68 Å². The minimum Gasteiger partial charge on any atom is -0.377 e. The van der Waals surface area contributed by atoms with Crippen LogP contribution in [0.15, 0.2) is 12.4 Å². The van der Waals surface area contributed by atoms with Gasteiger partial charge in [-0.2, -0.15) is 5.10 Å². The van der Waals surface area contributed by atoms with Gasteiger partial charge in [0.2, 0.25) is 0 Å². The minimum atomic E-state index is 0.137. The molecule has 0 aliphatic heterocycles. The lowest BCUT2D eigenvalue weighted by Crippen LogP contribution is -2.43. The summed E-state index contributed by atoms with van der Waals surface area (Å²) in [6, 6.07) is 0.137. The lowest BCUT2D eigenvalue weighted by atomic mass is 9.81. The number of nitrogens with two attached hydrogens (primary N) is 1. The Morgan fingerprint density at radius 3 is 2.75 bits per heavy atom. The van der Waals surface area contributed by atoms with Gasteiger partial charge in [-0.1, -0.05) is 19.3 Å². The second-order valence-corrected chi connectivity index (χ2v) is 6.04. The van der Waals surface area contributed by atoms with E-state index in [1.54, 1.807) is 0 Å². The minimum absolute atomic E-state index is 0.137. The quantitative estimate of drug-likeness (QED) is 0.835. The van der Waals surface area contributed by atoms with E-state index in [1.165, 1.54) is 37.7 Å². The summed E-state index contributed by atoms with van der Waals surface area (Å²) < 4.78 is 7.84. The van der Waals surface area contributed by atoms with Gasteiger partial charge < -0.3 is 10.5 Å². The van der Waals surface area contributed by atoms with Gasteiger partial charge in [0.15, 0.2) is 0 Å². The van der Waals surface area contributed by atoms with Crippen molar-refractivity contribution in [2.45, 2.75) is 64.0 Å². The van der Waals surface area contributed by atoms with Crippen molar-refractivity contribution in [3.63, 3.8) is 0 Å². The number of aryl methyl sites for hydroxylation is 2. The van der Waals surface area contributed by atoms with Crippen LogP contribution in [0, 0.1) is 5.92 Å². The zero-order valence-electron chi connectivity index (χ0n) is 12.9. The highest BCUT2D eigenvalue weighted by atomic mass is 16.5. The average molecular weight is 279 g/mol. The molecule has 1 fully saturated rings. The van der Waals surface area contributed by atoms with Crippen molar-refractivity contribution in [2.75, 3.05) is 6.61 Å². The van der Waals surface area contributed by atoms with Gasteiger partial charge in [-0.05, 0) is 44.1 Å². The summed E-state index contributed by atoms with van der Waals surface area (Å²) in [7, 11) is 1.95. The lowest BCUT2D eigenvalue weighted by Gasteiger charge is -2.34. The van der Waals surface area contributed by atoms with Crippen LogP contribution in [0.2, 0.25) is 0 Å². The third-order valence-corrected chi connectivity index (χ3v) is 4.42. The summed E-state index contributed by atoms with van der Waals surface area (Å²) in [6.45, 7) is 2.84. The van der Waals surface area contributed by atoms with Crippen molar-refractivity contribution >= 4 is 0 Å². The molecule has 4 nitrogen and oxygen atoms in total. The predicted octanol–water partition coefficient (Wildman–Crippen LogP) is 2.67. The molecule has 2 atom stereocenters. The molecule has 0 aromatic carbocycles. The molecule has 0 amide bonds. The van der Waals surface area contributed by atoms with E-state index in [-0.39, 0.29) is 12.1 Å². The van der Waals surface area contributed by atoms with Crippen LogP contribution in [0.1, 0.15) is 51.0 Å². The van der Waals surface area contributed by atoms with E-state index in [0.29, 0.717) is 5.92 Å². The van der Waals surface area contributed by atoms with Crippen molar-refractivity contribution < 1.29 is 4.74 Å². The molecule has 1 heterocycles. The first-order valence-corrected chi connectivity index (χ1v) is 8.05. The van der Waals surface area contributed by atoms with Gasteiger partial charge in [-0.25, -0.2) is 0 Å². The highest BCUT2D eigenvalue weighted by Crippen LogP contribution is 2.30. The van der Waals surface area contributed by atoms with Crippen LogP contribution >= 0.6 is 0 Å². The van der Waals surface area contributed by atoms with Crippen LogP contribution in [-0.4, -0.2) is 28.5 Å². The van der Waals surface area contributed by atoms with Gasteiger partial charge >= 0.3 is 0 Å². The molecule has 2 unspecified atom stereocenters. The van der Waals surface area contributed by atoms with Crippen LogP contribution in [0.3, 0.4) is 0 Å². The van der Waals surface area contributed by atoms with Crippen LogP contribution in [0.25, 0.3) is 0 Å². The smallest absolute Gasteiger partial charge is 0.0753 e. The van der Waals surface area contributed by atoms with Crippen molar-refractivity contribution in [3.8, 4) is 0 Å². The van der Waals surface area contributed by atoms with E-state index in [1.807, 2.05) is 17.9 Å². The highest BCUT2D eigenvalue weighted by Gasteiger charge is 2.28. The number of rotatable bonds is 7. The summed E-state index contributed by atoms with van der Waals surface area (Å²) in [5.41, 5.74) is 7.70. The van der Waals surface area contributed by atoms with Gasteiger partial charge in [0.1, 0.15) is 0 Å². The first-order chi connectivity index (χ1) is 9.70. The summed E-state index contributed by atoms with van der Waals surface area (Å²) in [4.78, 5) is 0. The fraction of sp³-hybridized carbons (Fsp3) is 0.812. The molecule has 114 valence electrons. The predicted molar refractivity (Wildman–Crippen MR) is 81.5 cm³/mol. The third kappa shape index (κ3) is 4.32. The molecule has 4 heteroatoms. The Kier molecular flexibility index (Phi) is 6.05. The molecule has 0 radical (unpaired) electrons. The molecular weight excluding hydrogens is 250 g/mol. The Balaban J connectivity index is 1.86. The normalized spacial score (nSPS) is 19.9. The molecule has 0 saturated heterocycles. The molecule has 2 rings (SSSR count). The topological polar surface area (TPSA) is 53.1 Å². The molecular formula is C16H29N3O. The Hall–Kier alpha value is -0.870. The number of ether oxygens (including phenoxy) is 1. The summed E-state index contributed by atoms with van der Waals surface area (Å²) in [5.74, 6) is 0.660. The molecule has 0 spiro atoms. The largest absolute Gasteiger partial charge is 0.377 e. The molecule has 1 aromatic heterocycles. The molecule has 20 heavy (non-hydrogen) atoms. The van der Waals surface area contributed by atoms with Crippen LogP contribution < -0.4 is 5.73 Å². The second kappa shape index (κ2) is 7.79. The average Bonchev–Trinajstić information content (AvgIpc) is 2.89. The van der Waals surface area contributed by atoms with Crippen molar-refractivity contribution in [2.24, 2.45) is 18.7 Å². The zero-order valence-corrected chi connectivity index (χ0v) is 12.9. The Morgan fingerprint density at radius 1 is 1.40 bits per heavy atom. The highest BCUT2D eigenvalue weighted by molar-refractivity contribution is 5.04. The Morgan fingerprint density at radius 2 is 2.15 bits per heavy atom. The number of aromatic nitrogens is 2. The van der Waals surface area contributed by atoms with E-state index in [4.69, 9.17) is 10.5 Å². The zero-order chi connectivity index (χ0) is 14.4. The van der Waals surface area contributed by atoms with E-state index in [0.717, 1.165) is 19.4 Å². The molecule has 0 bridgehead atoms. The van der Waals surface area contributed by atoms with Gasteiger partial charge in [-0.15, -0.1) is 0 Å². The maximum atomic E-state index is 6.44.